The summed E-state index contributed by atoms with van der Waals surface area (Å²) in [5.41, 5.74) is 2.94. The van der Waals surface area contributed by atoms with Crippen molar-refractivity contribution in [3.63, 3.8) is 0 Å². The molecule has 3 rings (SSSR count). The van der Waals surface area contributed by atoms with Crippen molar-refractivity contribution < 1.29 is 9.59 Å². The second-order valence-electron chi connectivity index (χ2n) is 7.49. The molecule has 0 unspecified atom stereocenters. The van der Waals surface area contributed by atoms with Gasteiger partial charge in [0.05, 0.1) is 5.41 Å². The van der Waals surface area contributed by atoms with Gasteiger partial charge in [0.1, 0.15) is 0 Å². The van der Waals surface area contributed by atoms with Crippen LogP contribution in [0.4, 0.5) is 0 Å². The topological polar surface area (TPSA) is 62.3 Å². The molecule has 1 aromatic heterocycles. The summed E-state index contributed by atoms with van der Waals surface area (Å²) >= 11 is 0. The van der Waals surface area contributed by atoms with Gasteiger partial charge in [-0.1, -0.05) is 31.2 Å². The summed E-state index contributed by atoms with van der Waals surface area (Å²) in [5, 5.41) is 3.03. The Bertz CT molecular complexity index is 812. The Kier molecular flexibility index (Phi) is 6.45. The number of hydrogen-bond acceptors (Lipinski definition) is 3. The number of aromatic nitrogens is 1. The maximum atomic E-state index is 13.0. The van der Waals surface area contributed by atoms with Crippen molar-refractivity contribution >= 4 is 11.8 Å². The monoisotopic (exact) mass is 379 g/mol. The van der Waals surface area contributed by atoms with Crippen molar-refractivity contribution in [2.24, 2.45) is 5.41 Å². The molecule has 0 saturated carbocycles. The molecular formula is C23H29N3O2. The SMILES string of the molecule is CCNC(=O)C1(Cc2cccc(-c3ccncc3)c2)CCN(C(=O)CC)CC1. The van der Waals surface area contributed by atoms with Crippen molar-refractivity contribution in [3.8, 4) is 11.1 Å². The van der Waals surface area contributed by atoms with Gasteiger partial charge in [-0.3, -0.25) is 14.6 Å². The van der Waals surface area contributed by atoms with Crippen LogP contribution in [0.25, 0.3) is 11.1 Å². The minimum Gasteiger partial charge on any atom is -0.356 e. The van der Waals surface area contributed by atoms with Crippen LogP contribution in [0.1, 0.15) is 38.7 Å². The zero-order chi connectivity index (χ0) is 20.0. The number of pyridine rings is 1. The van der Waals surface area contributed by atoms with E-state index in [4.69, 9.17) is 0 Å². The number of likely N-dealkylation sites (tertiary alicyclic amines) is 1. The van der Waals surface area contributed by atoms with Gasteiger partial charge in [-0.05, 0) is 55.0 Å². The lowest BCUT2D eigenvalue weighted by atomic mass is 9.72. The largest absolute Gasteiger partial charge is 0.356 e. The van der Waals surface area contributed by atoms with Crippen molar-refractivity contribution in [1.82, 2.24) is 15.2 Å². The van der Waals surface area contributed by atoms with Gasteiger partial charge in [-0.15, -0.1) is 0 Å². The number of carbonyl (C=O) groups is 2. The maximum Gasteiger partial charge on any atom is 0.226 e. The fourth-order valence-corrected chi connectivity index (χ4v) is 4.04. The number of nitrogens with zero attached hydrogens (tertiary/aromatic N) is 2. The molecule has 0 radical (unpaired) electrons. The molecule has 1 saturated heterocycles. The molecule has 28 heavy (non-hydrogen) atoms. The van der Waals surface area contributed by atoms with E-state index in [9.17, 15) is 9.59 Å². The third-order valence-corrected chi connectivity index (χ3v) is 5.68. The lowest BCUT2D eigenvalue weighted by Gasteiger charge is -2.41. The predicted molar refractivity (Wildman–Crippen MR) is 111 cm³/mol. The first kappa shape index (κ1) is 20.1. The smallest absolute Gasteiger partial charge is 0.226 e. The number of hydrogen-bond donors (Lipinski definition) is 1. The van der Waals surface area contributed by atoms with Crippen LogP contribution in [0, 0.1) is 5.41 Å². The average Bonchev–Trinajstić information content (AvgIpc) is 2.74. The molecule has 1 fully saturated rings. The molecule has 0 spiro atoms. The Balaban J connectivity index is 1.83. The highest BCUT2D eigenvalue weighted by atomic mass is 16.2. The van der Waals surface area contributed by atoms with Crippen LogP contribution in [0.15, 0.2) is 48.8 Å². The van der Waals surface area contributed by atoms with Crippen molar-refractivity contribution in [3.05, 3.63) is 54.4 Å². The van der Waals surface area contributed by atoms with Gasteiger partial charge in [0.15, 0.2) is 0 Å². The zero-order valence-electron chi connectivity index (χ0n) is 16.8. The molecular weight excluding hydrogens is 350 g/mol. The van der Waals surface area contributed by atoms with E-state index >= 15 is 0 Å². The van der Waals surface area contributed by atoms with Crippen LogP contribution >= 0.6 is 0 Å². The summed E-state index contributed by atoms with van der Waals surface area (Å²) in [6, 6.07) is 12.4. The highest BCUT2D eigenvalue weighted by molar-refractivity contribution is 5.84. The van der Waals surface area contributed by atoms with E-state index in [1.807, 2.05) is 36.9 Å². The van der Waals surface area contributed by atoms with Crippen LogP contribution in [0.2, 0.25) is 0 Å². The first-order valence-corrected chi connectivity index (χ1v) is 10.1. The molecule has 148 valence electrons. The summed E-state index contributed by atoms with van der Waals surface area (Å²) in [6.07, 6.45) is 6.18. The van der Waals surface area contributed by atoms with Crippen LogP contribution < -0.4 is 5.32 Å². The summed E-state index contributed by atoms with van der Waals surface area (Å²) in [7, 11) is 0. The average molecular weight is 380 g/mol. The maximum absolute atomic E-state index is 13.0. The Morgan fingerprint density at radius 2 is 1.79 bits per heavy atom. The van der Waals surface area contributed by atoms with Crippen molar-refractivity contribution in [1.29, 1.82) is 0 Å². The lowest BCUT2D eigenvalue weighted by molar-refractivity contribution is -0.140. The summed E-state index contributed by atoms with van der Waals surface area (Å²) < 4.78 is 0. The molecule has 0 aliphatic carbocycles. The first-order valence-electron chi connectivity index (χ1n) is 10.1. The molecule has 5 heteroatoms. The molecule has 0 bridgehead atoms. The number of benzene rings is 1. The summed E-state index contributed by atoms with van der Waals surface area (Å²) in [4.78, 5) is 31.0. The Labute approximate surface area is 167 Å². The number of carbonyl (C=O) groups excluding carboxylic acids is 2. The number of amides is 2. The van der Waals surface area contributed by atoms with Crippen LogP contribution in [0.3, 0.4) is 0 Å². The Hall–Kier alpha value is -2.69. The van der Waals surface area contributed by atoms with Crippen molar-refractivity contribution in [2.75, 3.05) is 19.6 Å². The number of piperidine rings is 1. The number of nitrogens with one attached hydrogen (secondary N) is 1. The van der Waals surface area contributed by atoms with Gasteiger partial charge in [0.25, 0.3) is 0 Å². The van der Waals surface area contributed by atoms with Gasteiger partial charge in [-0.2, -0.15) is 0 Å². The molecule has 2 aromatic rings. The van der Waals surface area contributed by atoms with E-state index in [0.29, 0.717) is 45.3 Å². The van der Waals surface area contributed by atoms with Gasteiger partial charge < -0.3 is 10.2 Å². The highest BCUT2D eigenvalue weighted by Gasteiger charge is 2.41. The summed E-state index contributed by atoms with van der Waals surface area (Å²) in [5.74, 6) is 0.275. The van der Waals surface area contributed by atoms with Crippen LogP contribution in [0.5, 0.6) is 0 Å². The molecule has 1 aliphatic heterocycles. The zero-order valence-corrected chi connectivity index (χ0v) is 16.8. The third kappa shape index (κ3) is 4.41. The Morgan fingerprint density at radius 1 is 1.07 bits per heavy atom. The summed E-state index contributed by atoms with van der Waals surface area (Å²) in [6.45, 7) is 5.75. The minimum atomic E-state index is -0.461. The van der Waals surface area contributed by atoms with E-state index in [1.165, 1.54) is 0 Å². The third-order valence-electron chi connectivity index (χ3n) is 5.68. The van der Waals surface area contributed by atoms with Crippen molar-refractivity contribution in [2.45, 2.75) is 39.5 Å². The van der Waals surface area contributed by atoms with Gasteiger partial charge in [0, 0.05) is 38.4 Å². The Morgan fingerprint density at radius 3 is 2.43 bits per heavy atom. The fraction of sp³-hybridized carbons (Fsp3) is 0.435. The second-order valence-corrected chi connectivity index (χ2v) is 7.49. The number of rotatable bonds is 6. The van der Waals surface area contributed by atoms with E-state index < -0.39 is 5.41 Å². The quantitative estimate of drug-likeness (QED) is 0.836. The fourth-order valence-electron chi connectivity index (χ4n) is 4.04. The molecule has 2 heterocycles. The second kappa shape index (κ2) is 9.00. The molecule has 1 aromatic carbocycles. The van der Waals surface area contributed by atoms with E-state index in [1.54, 1.807) is 12.4 Å². The van der Waals surface area contributed by atoms with Gasteiger partial charge in [-0.25, -0.2) is 0 Å². The van der Waals surface area contributed by atoms with E-state index in [-0.39, 0.29) is 11.8 Å². The van der Waals surface area contributed by atoms with Crippen LogP contribution in [-0.4, -0.2) is 41.3 Å². The minimum absolute atomic E-state index is 0.105. The predicted octanol–water partition coefficient (Wildman–Crippen LogP) is 3.45. The first-order chi connectivity index (χ1) is 13.6. The molecule has 1 N–H and O–H groups in total. The van der Waals surface area contributed by atoms with E-state index in [2.05, 4.69) is 28.5 Å². The molecule has 0 atom stereocenters. The molecule has 5 nitrogen and oxygen atoms in total. The molecule has 1 aliphatic rings. The highest BCUT2D eigenvalue weighted by Crippen LogP contribution is 2.36. The van der Waals surface area contributed by atoms with E-state index in [0.717, 1.165) is 16.7 Å². The van der Waals surface area contributed by atoms with Gasteiger partial charge in [0.2, 0.25) is 11.8 Å². The molecule has 2 amide bonds. The standard InChI is InChI=1S/C23H29N3O2/c1-3-21(27)26-14-10-23(11-15-26,22(28)25-4-2)17-18-6-5-7-20(16-18)19-8-12-24-13-9-19/h5-9,12-13,16H,3-4,10-11,14-15,17H2,1-2H3,(H,25,28). The lowest BCUT2D eigenvalue weighted by Crippen LogP contribution is -2.51. The van der Waals surface area contributed by atoms with Crippen LogP contribution in [-0.2, 0) is 16.0 Å². The van der Waals surface area contributed by atoms with Gasteiger partial charge >= 0.3 is 0 Å². The normalized spacial score (nSPS) is 15.9.